The van der Waals surface area contributed by atoms with Crippen LogP contribution in [0.5, 0.6) is 11.5 Å². The summed E-state index contributed by atoms with van der Waals surface area (Å²) < 4.78 is 0. The first-order valence-electron chi connectivity index (χ1n) is 21.0. The number of hydrogen-bond acceptors (Lipinski definition) is 4. The van der Waals surface area contributed by atoms with Gasteiger partial charge in [-0.3, -0.25) is 0 Å². The van der Waals surface area contributed by atoms with Gasteiger partial charge < -0.3 is 20.4 Å². The number of phenolic OH excluding ortho intramolecular Hbond substituents is 2. The first kappa shape index (κ1) is 42.7. The summed E-state index contributed by atoms with van der Waals surface area (Å²) in [5.41, 5.74) is 9.38. The largest absolute Gasteiger partial charge is 0.508 e. The van der Waals surface area contributed by atoms with Crippen molar-refractivity contribution < 1.29 is 20.4 Å². The molecule has 56 heavy (non-hydrogen) atoms. The third-order valence-corrected chi connectivity index (χ3v) is 13.2. The molecule has 4 aromatic carbocycles. The molecule has 0 heterocycles. The molecular formula is C52H64O4. The van der Waals surface area contributed by atoms with Crippen LogP contribution in [0, 0.1) is 51.4 Å². The lowest BCUT2D eigenvalue weighted by molar-refractivity contribution is 0.109. The molecule has 2 aliphatic carbocycles. The topological polar surface area (TPSA) is 80.9 Å². The number of rotatable bonds is 8. The van der Waals surface area contributed by atoms with Crippen LogP contribution < -0.4 is 0 Å². The van der Waals surface area contributed by atoms with Crippen LogP contribution in [0.25, 0.3) is 0 Å². The fraction of sp³-hybridized carbons (Fsp3) is 0.462. The minimum atomic E-state index is -0.800. The van der Waals surface area contributed by atoms with Gasteiger partial charge in [0, 0.05) is 22.0 Å². The summed E-state index contributed by atoms with van der Waals surface area (Å²) in [5, 5.41) is 40.9. The lowest BCUT2D eigenvalue weighted by Crippen LogP contribution is -2.26. The van der Waals surface area contributed by atoms with Crippen molar-refractivity contribution >= 4 is 0 Å². The average Bonchev–Trinajstić information content (AvgIpc) is 3.83. The predicted octanol–water partition coefficient (Wildman–Crippen LogP) is 11.5. The highest BCUT2D eigenvalue weighted by molar-refractivity contribution is 5.52. The van der Waals surface area contributed by atoms with Gasteiger partial charge in [0.2, 0.25) is 0 Å². The van der Waals surface area contributed by atoms with E-state index in [1.54, 1.807) is 12.1 Å². The molecule has 4 nitrogen and oxygen atoms in total. The zero-order valence-electron chi connectivity index (χ0n) is 35.2. The van der Waals surface area contributed by atoms with E-state index in [1.165, 1.54) is 22.3 Å². The Balaban J connectivity index is 0.000000214. The van der Waals surface area contributed by atoms with Crippen LogP contribution in [0.1, 0.15) is 160 Å². The van der Waals surface area contributed by atoms with Gasteiger partial charge in [0.05, 0.1) is 0 Å². The first-order chi connectivity index (χ1) is 26.7. The molecule has 0 bridgehead atoms. The van der Waals surface area contributed by atoms with Gasteiger partial charge in [0.1, 0.15) is 22.7 Å². The SMILES string of the molecule is CCC(CC)(c1ccc(O)c(C)c1)c1ccc(C#CC2(O)CCCC2)c(C)c1.CCC(CC)(c1ccc(O)c(C)c1)c1ccc(C#CC2(O)CCCC2)c(C)c1. The second-order valence-electron chi connectivity index (χ2n) is 16.6. The summed E-state index contributed by atoms with van der Waals surface area (Å²) in [6.07, 6.45) is 11.3. The fourth-order valence-corrected chi connectivity index (χ4v) is 9.11. The van der Waals surface area contributed by atoms with Gasteiger partial charge in [-0.25, -0.2) is 0 Å². The highest BCUT2D eigenvalue weighted by atomic mass is 16.3. The summed E-state index contributed by atoms with van der Waals surface area (Å²) in [6, 6.07) is 25.0. The van der Waals surface area contributed by atoms with Crippen molar-refractivity contribution in [3.63, 3.8) is 0 Å². The fourth-order valence-electron chi connectivity index (χ4n) is 9.11. The number of hydrogen-bond donors (Lipinski definition) is 4. The van der Waals surface area contributed by atoms with E-state index in [2.05, 4.69) is 114 Å². The van der Waals surface area contributed by atoms with Gasteiger partial charge >= 0.3 is 0 Å². The Morgan fingerprint density at radius 3 is 1.02 bits per heavy atom. The molecule has 6 rings (SSSR count). The third kappa shape index (κ3) is 9.05. The lowest BCUT2D eigenvalue weighted by Gasteiger charge is -2.34. The maximum atomic E-state index is 10.5. The maximum Gasteiger partial charge on any atom is 0.125 e. The summed E-state index contributed by atoms with van der Waals surface area (Å²) in [7, 11) is 0. The van der Waals surface area contributed by atoms with Crippen molar-refractivity contribution in [1.82, 2.24) is 0 Å². The summed E-state index contributed by atoms with van der Waals surface area (Å²) in [5.74, 6) is 13.4. The molecule has 0 radical (unpaired) electrons. The highest BCUT2D eigenvalue weighted by Gasteiger charge is 2.33. The molecule has 296 valence electrons. The molecule has 4 heteroatoms. The van der Waals surface area contributed by atoms with Gasteiger partial charge in [-0.1, -0.05) is 99.9 Å². The van der Waals surface area contributed by atoms with E-state index in [1.807, 2.05) is 26.0 Å². The lowest BCUT2D eigenvalue weighted by atomic mass is 9.70. The quantitative estimate of drug-likeness (QED) is 0.135. The normalized spacial score (nSPS) is 15.9. The summed E-state index contributed by atoms with van der Waals surface area (Å²) in [4.78, 5) is 0. The molecule has 4 aromatic rings. The van der Waals surface area contributed by atoms with E-state index in [0.717, 1.165) is 110 Å². The average molecular weight is 753 g/mol. The van der Waals surface area contributed by atoms with Crippen molar-refractivity contribution in [2.75, 3.05) is 0 Å². The first-order valence-corrected chi connectivity index (χ1v) is 21.0. The van der Waals surface area contributed by atoms with Crippen molar-refractivity contribution in [2.45, 2.75) is 154 Å². The smallest absolute Gasteiger partial charge is 0.125 e. The standard InChI is InChI=1S/2C26H32O2/c2*1-5-26(6-2,23-11-12-24(27)20(4)18-23)22-10-9-21(19(3)17-22)13-16-25(28)14-7-8-15-25/h2*9-12,17-18,27-28H,5-8,14-15H2,1-4H3. The number of aliphatic hydroxyl groups is 2. The van der Waals surface area contributed by atoms with E-state index in [0.29, 0.717) is 11.5 Å². The number of benzene rings is 4. The second kappa shape index (κ2) is 17.8. The maximum absolute atomic E-state index is 10.5. The third-order valence-electron chi connectivity index (χ3n) is 13.2. The Morgan fingerprint density at radius 2 is 0.750 bits per heavy atom. The number of aromatic hydroxyl groups is 2. The predicted molar refractivity (Wildman–Crippen MR) is 231 cm³/mol. The second-order valence-corrected chi connectivity index (χ2v) is 16.6. The highest BCUT2D eigenvalue weighted by Crippen LogP contribution is 2.42. The van der Waals surface area contributed by atoms with Gasteiger partial charge in [-0.2, -0.15) is 0 Å². The molecule has 2 aliphatic rings. The van der Waals surface area contributed by atoms with Crippen LogP contribution in [-0.4, -0.2) is 31.6 Å². The van der Waals surface area contributed by atoms with Crippen LogP contribution in [-0.2, 0) is 10.8 Å². The molecule has 0 aliphatic heterocycles. The molecule has 0 aromatic heterocycles. The van der Waals surface area contributed by atoms with Crippen LogP contribution in [0.3, 0.4) is 0 Å². The van der Waals surface area contributed by atoms with Crippen LogP contribution in [0.2, 0.25) is 0 Å². The molecule has 0 spiro atoms. The van der Waals surface area contributed by atoms with E-state index in [-0.39, 0.29) is 10.8 Å². The van der Waals surface area contributed by atoms with Gasteiger partial charge in [0.15, 0.2) is 0 Å². The van der Waals surface area contributed by atoms with Crippen molar-refractivity contribution in [1.29, 1.82) is 0 Å². The number of aryl methyl sites for hydroxylation is 4. The van der Waals surface area contributed by atoms with Gasteiger partial charge in [-0.15, -0.1) is 0 Å². The summed E-state index contributed by atoms with van der Waals surface area (Å²) in [6.45, 7) is 17.0. The minimum Gasteiger partial charge on any atom is -0.508 e. The van der Waals surface area contributed by atoms with E-state index in [4.69, 9.17) is 0 Å². The van der Waals surface area contributed by atoms with Crippen molar-refractivity contribution in [3.05, 3.63) is 128 Å². The zero-order chi connectivity index (χ0) is 40.7. The van der Waals surface area contributed by atoms with E-state index >= 15 is 0 Å². The van der Waals surface area contributed by atoms with Crippen LogP contribution in [0.15, 0.2) is 72.8 Å². The van der Waals surface area contributed by atoms with Crippen LogP contribution >= 0.6 is 0 Å². The molecular weight excluding hydrogens is 689 g/mol. The van der Waals surface area contributed by atoms with Crippen LogP contribution in [0.4, 0.5) is 0 Å². The molecule has 4 N–H and O–H groups in total. The monoisotopic (exact) mass is 752 g/mol. The minimum absolute atomic E-state index is 0.0845. The Labute approximate surface area is 337 Å². The molecule has 0 unspecified atom stereocenters. The Hall–Kier alpha value is -4.48. The Kier molecular flexibility index (Phi) is 13.5. The molecule has 2 saturated carbocycles. The van der Waals surface area contributed by atoms with E-state index in [9.17, 15) is 20.4 Å². The number of phenols is 2. The van der Waals surface area contributed by atoms with E-state index < -0.39 is 11.2 Å². The molecule has 0 atom stereocenters. The summed E-state index contributed by atoms with van der Waals surface area (Å²) >= 11 is 0. The van der Waals surface area contributed by atoms with Gasteiger partial charge in [-0.05, 0) is 174 Å². The molecule has 0 amide bonds. The van der Waals surface area contributed by atoms with Crippen molar-refractivity contribution in [3.8, 4) is 35.2 Å². The van der Waals surface area contributed by atoms with Crippen molar-refractivity contribution in [2.24, 2.45) is 0 Å². The zero-order valence-corrected chi connectivity index (χ0v) is 35.2. The Bertz CT molecular complexity index is 1960. The molecule has 0 saturated heterocycles. The van der Waals surface area contributed by atoms with Gasteiger partial charge in [0.25, 0.3) is 0 Å². The Morgan fingerprint density at radius 1 is 0.464 bits per heavy atom. The molecule has 2 fully saturated rings.